The Kier molecular flexibility index (Phi) is 3.37. The third-order valence-corrected chi connectivity index (χ3v) is 3.40. The maximum absolute atomic E-state index is 13.8. The number of nitro groups is 1. The van der Waals surface area contributed by atoms with Gasteiger partial charge in [-0.05, 0) is 25.8 Å². The molecule has 1 amide bonds. The summed E-state index contributed by atoms with van der Waals surface area (Å²) in [6, 6.07) is 1.86. The number of likely N-dealkylation sites (tertiary alicyclic amines) is 1. The molecule has 1 atom stereocenters. The molecule has 2 rings (SSSR count). The zero-order chi connectivity index (χ0) is 14.2. The number of nitrogens with zero attached hydrogens (tertiary/aromatic N) is 2. The number of hydrogen-bond donors (Lipinski definition) is 1. The summed E-state index contributed by atoms with van der Waals surface area (Å²) in [5.74, 6) is -1.41. The lowest BCUT2D eigenvalue weighted by Gasteiger charge is -2.22. The molecule has 0 aromatic heterocycles. The van der Waals surface area contributed by atoms with Gasteiger partial charge in [0.05, 0.1) is 4.92 Å². The predicted molar refractivity (Wildman–Crippen MR) is 67.2 cm³/mol. The lowest BCUT2D eigenvalue weighted by Crippen LogP contribution is -2.34. The maximum atomic E-state index is 13.8. The third kappa shape index (κ3) is 2.23. The van der Waals surface area contributed by atoms with E-state index in [0.29, 0.717) is 6.54 Å². The molecule has 0 aliphatic carbocycles. The van der Waals surface area contributed by atoms with Crippen molar-refractivity contribution >= 4 is 17.3 Å². The second-order valence-corrected chi connectivity index (χ2v) is 4.60. The van der Waals surface area contributed by atoms with Crippen LogP contribution in [-0.2, 0) is 0 Å². The van der Waals surface area contributed by atoms with E-state index in [1.54, 1.807) is 0 Å². The van der Waals surface area contributed by atoms with E-state index in [1.165, 1.54) is 4.90 Å². The van der Waals surface area contributed by atoms with Crippen LogP contribution in [0.5, 0.6) is 0 Å². The molecule has 6 nitrogen and oxygen atoms in total. The number of nitrogen functional groups attached to an aromatic ring is 1. The van der Waals surface area contributed by atoms with E-state index in [-0.39, 0.29) is 6.04 Å². The molecule has 1 heterocycles. The number of amides is 1. The van der Waals surface area contributed by atoms with Crippen LogP contribution in [0.4, 0.5) is 15.8 Å². The molecule has 0 spiro atoms. The van der Waals surface area contributed by atoms with Crippen LogP contribution in [0.1, 0.15) is 30.1 Å². The highest BCUT2D eigenvalue weighted by molar-refractivity contribution is 6.01. The average molecular weight is 267 g/mol. The van der Waals surface area contributed by atoms with Crippen LogP contribution in [0.25, 0.3) is 0 Å². The van der Waals surface area contributed by atoms with Crippen LogP contribution in [-0.4, -0.2) is 28.3 Å². The minimum Gasteiger partial charge on any atom is -0.392 e. The number of rotatable bonds is 2. The van der Waals surface area contributed by atoms with Crippen molar-refractivity contribution in [3.8, 4) is 0 Å². The number of hydrogen-bond acceptors (Lipinski definition) is 4. The van der Waals surface area contributed by atoms with Gasteiger partial charge in [0, 0.05) is 18.7 Å². The SMILES string of the molecule is CC1CCCN1C(=O)c1c(F)ccc([N+](=O)[O-])c1N. The van der Waals surface area contributed by atoms with Gasteiger partial charge in [0.1, 0.15) is 17.1 Å². The van der Waals surface area contributed by atoms with Crippen LogP contribution in [0.15, 0.2) is 12.1 Å². The van der Waals surface area contributed by atoms with Gasteiger partial charge in [0.2, 0.25) is 0 Å². The number of nitrogens with two attached hydrogens (primary N) is 1. The first kappa shape index (κ1) is 13.3. The highest BCUT2D eigenvalue weighted by Crippen LogP contribution is 2.30. The lowest BCUT2D eigenvalue weighted by molar-refractivity contribution is -0.384. The molecule has 2 N–H and O–H groups in total. The highest BCUT2D eigenvalue weighted by atomic mass is 19.1. The molecule has 1 aromatic carbocycles. The largest absolute Gasteiger partial charge is 0.392 e. The van der Waals surface area contributed by atoms with E-state index >= 15 is 0 Å². The zero-order valence-corrected chi connectivity index (χ0v) is 10.4. The van der Waals surface area contributed by atoms with Crippen molar-refractivity contribution in [2.75, 3.05) is 12.3 Å². The van der Waals surface area contributed by atoms with E-state index in [4.69, 9.17) is 5.73 Å². The lowest BCUT2D eigenvalue weighted by atomic mass is 10.1. The van der Waals surface area contributed by atoms with Crippen LogP contribution in [0.3, 0.4) is 0 Å². The Morgan fingerprint density at radius 3 is 2.79 bits per heavy atom. The second kappa shape index (κ2) is 4.83. The molecule has 19 heavy (non-hydrogen) atoms. The van der Waals surface area contributed by atoms with Gasteiger partial charge in [-0.2, -0.15) is 0 Å². The fraction of sp³-hybridized carbons (Fsp3) is 0.417. The van der Waals surface area contributed by atoms with Crippen molar-refractivity contribution in [2.45, 2.75) is 25.8 Å². The van der Waals surface area contributed by atoms with Crippen LogP contribution >= 0.6 is 0 Å². The quantitative estimate of drug-likeness (QED) is 0.503. The van der Waals surface area contributed by atoms with Gasteiger partial charge in [0.15, 0.2) is 0 Å². The minimum absolute atomic E-state index is 0.00874. The fourth-order valence-corrected chi connectivity index (χ4v) is 2.34. The zero-order valence-electron chi connectivity index (χ0n) is 10.4. The van der Waals surface area contributed by atoms with Crippen molar-refractivity contribution in [3.05, 3.63) is 33.6 Å². The van der Waals surface area contributed by atoms with Crippen molar-refractivity contribution in [1.29, 1.82) is 0 Å². The van der Waals surface area contributed by atoms with E-state index in [9.17, 15) is 19.3 Å². The van der Waals surface area contributed by atoms with Crippen molar-refractivity contribution in [3.63, 3.8) is 0 Å². The van der Waals surface area contributed by atoms with Crippen molar-refractivity contribution in [2.24, 2.45) is 0 Å². The molecule has 0 radical (unpaired) electrons. The molecule has 1 fully saturated rings. The molecule has 0 saturated carbocycles. The van der Waals surface area contributed by atoms with Gasteiger partial charge >= 0.3 is 0 Å². The molecule has 1 saturated heterocycles. The minimum atomic E-state index is -0.827. The Bertz CT molecular complexity index is 547. The predicted octanol–water partition coefficient (Wildman–Crippen LogP) is 1.94. The number of anilines is 1. The summed E-state index contributed by atoms with van der Waals surface area (Å²) in [5, 5.41) is 10.8. The molecule has 1 unspecified atom stereocenters. The monoisotopic (exact) mass is 267 g/mol. The summed E-state index contributed by atoms with van der Waals surface area (Å²) in [6.45, 7) is 2.37. The van der Waals surface area contributed by atoms with Crippen LogP contribution < -0.4 is 5.73 Å². The third-order valence-electron chi connectivity index (χ3n) is 3.40. The standard InChI is InChI=1S/C12H14FN3O3/c1-7-3-2-6-15(7)12(17)10-8(13)4-5-9(11(10)14)16(18)19/h4-5,7H,2-3,6,14H2,1H3. The van der Waals surface area contributed by atoms with Gasteiger partial charge in [-0.3, -0.25) is 14.9 Å². The van der Waals surface area contributed by atoms with E-state index in [0.717, 1.165) is 25.0 Å². The van der Waals surface area contributed by atoms with E-state index in [2.05, 4.69) is 0 Å². The first-order valence-electron chi connectivity index (χ1n) is 5.96. The molecule has 1 aromatic rings. The molecule has 102 valence electrons. The van der Waals surface area contributed by atoms with Gasteiger partial charge in [0.25, 0.3) is 11.6 Å². The maximum Gasteiger partial charge on any atom is 0.293 e. The smallest absolute Gasteiger partial charge is 0.293 e. The summed E-state index contributed by atoms with van der Waals surface area (Å²) in [7, 11) is 0. The summed E-state index contributed by atoms with van der Waals surface area (Å²) in [4.78, 5) is 23.8. The summed E-state index contributed by atoms with van der Waals surface area (Å²) in [5.41, 5.74) is 4.31. The second-order valence-electron chi connectivity index (χ2n) is 4.60. The number of carbonyl (C=O) groups is 1. The van der Waals surface area contributed by atoms with E-state index in [1.807, 2.05) is 6.92 Å². The van der Waals surface area contributed by atoms with Crippen molar-refractivity contribution in [1.82, 2.24) is 4.90 Å². The molecule has 7 heteroatoms. The van der Waals surface area contributed by atoms with Crippen molar-refractivity contribution < 1.29 is 14.1 Å². The highest BCUT2D eigenvalue weighted by Gasteiger charge is 2.31. The number of halogens is 1. The first-order valence-corrected chi connectivity index (χ1v) is 5.96. The summed E-state index contributed by atoms with van der Waals surface area (Å²) < 4.78 is 13.8. The Morgan fingerprint density at radius 1 is 1.58 bits per heavy atom. The van der Waals surface area contributed by atoms with Gasteiger partial charge in [-0.15, -0.1) is 0 Å². The van der Waals surface area contributed by atoms with Crippen LogP contribution in [0.2, 0.25) is 0 Å². The Labute approximate surface area is 109 Å². The number of benzene rings is 1. The van der Waals surface area contributed by atoms with E-state index < -0.39 is 33.6 Å². The van der Waals surface area contributed by atoms with Gasteiger partial charge in [-0.25, -0.2) is 4.39 Å². The average Bonchev–Trinajstić information content (AvgIpc) is 2.74. The number of carbonyl (C=O) groups excluding carboxylic acids is 1. The normalized spacial score (nSPS) is 18.6. The first-order chi connectivity index (χ1) is 8.93. The topological polar surface area (TPSA) is 89.5 Å². The summed E-state index contributed by atoms with van der Waals surface area (Å²) in [6.07, 6.45) is 1.67. The number of nitro benzene ring substituents is 1. The fourth-order valence-electron chi connectivity index (χ4n) is 2.34. The molecule has 0 bridgehead atoms. The van der Waals surface area contributed by atoms with Gasteiger partial charge < -0.3 is 10.6 Å². The summed E-state index contributed by atoms with van der Waals surface area (Å²) >= 11 is 0. The molecule has 1 aliphatic heterocycles. The van der Waals surface area contributed by atoms with Gasteiger partial charge in [-0.1, -0.05) is 0 Å². The molecular weight excluding hydrogens is 253 g/mol. The Hall–Kier alpha value is -2.18. The Balaban J connectivity index is 2.46. The van der Waals surface area contributed by atoms with Crippen LogP contribution in [0, 0.1) is 15.9 Å². The molecular formula is C12H14FN3O3. The Morgan fingerprint density at radius 2 is 2.26 bits per heavy atom. The molecule has 1 aliphatic rings.